The minimum Gasteiger partial charge on any atom is -0.493 e. The molecule has 0 aromatic heterocycles. The number of likely N-dealkylation sites (N-methyl/N-ethyl adjacent to an activating group) is 1. The van der Waals surface area contributed by atoms with Gasteiger partial charge in [-0.25, -0.2) is 0 Å². The first kappa shape index (κ1) is 16.8. The Morgan fingerprint density at radius 2 is 1.61 bits per heavy atom. The van der Waals surface area contributed by atoms with Crippen LogP contribution < -0.4 is 14.4 Å². The number of ether oxygens (including phenoxy) is 3. The minimum absolute atomic E-state index is 0.161. The normalized spacial score (nSPS) is 11.7. The lowest BCUT2D eigenvalue weighted by atomic mass is 10.1. The number of methoxy groups -OCH3 is 3. The fraction of sp³-hybridized carbons (Fsp3) is 0.278. The first-order valence-corrected chi connectivity index (χ1v) is 7.19. The zero-order valence-corrected chi connectivity index (χ0v) is 13.8. The van der Waals surface area contributed by atoms with Crippen molar-refractivity contribution in [2.75, 3.05) is 33.3 Å². The van der Waals surface area contributed by atoms with Crippen LogP contribution in [0, 0.1) is 0 Å². The van der Waals surface area contributed by atoms with Crippen molar-refractivity contribution in [3.63, 3.8) is 0 Å². The van der Waals surface area contributed by atoms with Crippen molar-refractivity contribution < 1.29 is 19.0 Å². The Morgan fingerprint density at radius 3 is 2.17 bits per heavy atom. The summed E-state index contributed by atoms with van der Waals surface area (Å²) in [5, 5.41) is 0. The SMILES string of the molecule is COc1ccc(N(C)C(=O)C(OC)c2ccccc2)cc1OC. The Bertz CT molecular complexity index is 657. The van der Waals surface area contributed by atoms with Crippen molar-refractivity contribution in [2.45, 2.75) is 6.10 Å². The Balaban J connectivity index is 2.28. The summed E-state index contributed by atoms with van der Waals surface area (Å²) in [6.45, 7) is 0. The molecule has 0 saturated carbocycles. The van der Waals surface area contributed by atoms with Gasteiger partial charge in [0, 0.05) is 25.9 Å². The van der Waals surface area contributed by atoms with Crippen LogP contribution in [0.25, 0.3) is 0 Å². The zero-order valence-electron chi connectivity index (χ0n) is 13.8. The van der Waals surface area contributed by atoms with E-state index in [1.807, 2.05) is 30.3 Å². The molecular weight excluding hydrogens is 294 g/mol. The Labute approximate surface area is 136 Å². The fourth-order valence-electron chi connectivity index (χ4n) is 2.34. The number of rotatable bonds is 6. The summed E-state index contributed by atoms with van der Waals surface area (Å²) in [6.07, 6.45) is -0.658. The third kappa shape index (κ3) is 3.63. The lowest BCUT2D eigenvalue weighted by Gasteiger charge is -2.24. The van der Waals surface area contributed by atoms with Crippen molar-refractivity contribution >= 4 is 11.6 Å². The highest BCUT2D eigenvalue weighted by Crippen LogP contribution is 2.32. The number of benzene rings is 2. The monoisotopic (exact) mass is 315 g/mol. The molecule has 0 heterocycles. The highest BCUT2D eigenvalue weighted by molar-refractivity contribution is 5.97. The van der Waals surface area contributed by atoms with E-state index in [0.29, 0.717) is 17.2 Å². The standard InChI is InChI=1S/C18H21NO4/c1-19(14-10-11-15(21-2)16(12-14)22-3)18(20)17(23-4)13-8-6-5-7-9-13/h5-12,17H,1-4H3. The van der Waals surface area contributed by atoms with Gasteiger partial charge < -0.3 is 19.1 Å². The van der Waals surface area contributed by atoms with E-state index >= 15 is 0 Å². The average molecular weight is 315 g/mol. The van der Waals surface area contributed by atoms with Crippen LogP contribution in [-0.2, 0) is 9.53 Å². The molecule has 0 saturated heterocycles. The third-order valence-electron chi connectivity index (χ3n) is 3.65. The molecule has 1 amide bonds. The van der Waals surface area contributed by atoms with Gasteiger partial charge >= 0.3 is 0 Å². The van der Waals surface area contributed by atoms with Crippen LogP contribution in [-0.4, -0.2) is 34.3 Å². The second-order valence-corrected chi connectivity index (χ2v) is 4.96. The van der Waals surface area contributed by atoms with Crippen molar-refractivity contribution in [3.05, 3.63) is 54.1 Å². The Kier molecular flexibility index (Phi) is 5.60. The highest BCUT2D eigenvalue weighted by atomic mass is 16.5. The lowest BCUT2D eigenvalue weighted by molar-refractivity contribution is -0.128. The summed E-state index contributed by atoms with van der Waals surface area (Å²) in [4.78, 5) is 14.3. The molecule has 5 nitrogen and oxygen atoms in total. The molecule has 0 bridgehead atoms. The molecule has 2 aromatic carbocycles. The van der Waals surface area contributed by atoms with Crippen LogP contribution in [0.1, 0.15) is 11.7 Å². The molecule has 0 fully saturated rings. The summed E-state index contributed by atoms with van der Waals surface area (Å²) < 4.78 is 15.9. The molecule has 0 aliphatic rings. The maximum Gasteiger partial charge on any atom is 0.260 e. The molecule has 0 N–H and O–H groups in total. The predicted molar refractivity (Wildman–Crippen MR) is 89.1 cm³/mol. The smallest absolute Gasteiger partial charge is 0.260 e. The molecule has 0 aliphatic heterocycles. The van der Waals surface area contributed by atoms with Crippen molar-refractivity contribution in [1.82, 2.24) is 0 Å². The molecule has 122 valence electrons. The average Bonchev–Trinajstić information content (AvgIpc) is 2.61. The first-order chi connectivity index (χ1) is 11.1. The summed E-state index contributed by atoms with van der Waals surface area (Å²) in [7, 11) is 6.37. The van der Waals surface area contributed by atoms with Gasteiger partial charge in [0.05, 0.1) is 14.2 Å². The molecular formula is C18H21NO4. The van der Waals surface area contributed by atoms with Crippen LogP contribution in [0.3, 0.4) is 0 Å². The van der Waals surface area contributed by atoms with E-state index in [1.54, 1.807) is 44.4 Å². The van der Waals surface area contributed by atoms with Gasteiger partial charge in [0.15, 0.2) is 17.6 Å². The Morgan fingerprint density at radius 1 is 0.957 bits per heavy atom. The van der Waals surface area contributed by atoms with Gasteiger partial charge in [0.25, 0.3) is 5.91 Å². The number of carbonyl (C=O) groups is 1. The Hall–Kier alpha value is -2.53. The van der Waals surface area contributed by atoms with E-state index in [-0.39, 0.29) is 5.91 Å². The molecule has 2 rings (SSSR count). The minimum atomic E-state index is -0.658. The van der Waals surface area contributed by atoms with E-state index in [2.05, 4.69) is 0 Å². The van der Waals surface area contributed by atoms with Gasteiger partial charge in [0.1, 0.15) is 0 Å². The molecule has 23 heavy (non-hydrogen) atoms. The van der Waals surface area contributed by atoms with Crippen LogP contribution in [0.4, 0.5) is 5.69 Å². The molecule has 0 aliphatic carbocycles. The number of amides is 1. The van der Waals surface area contributed by atoms with E-state index < -0.39 is 6.10 Å². The molecule has 1 unspecified atom stereocenters. The third-order valence-corrected chi connectivity index (χ3v) is 3.65. The summed E-state index contributed by atoms with van der Waals surface area (Å²) >= 11 is 0. The molecule has 5 heteroatoms. The second-order valence-electron chi connectivity index (χ2n) is 4.96. The van der Waals surface area contributed by atoms with Gasteiger partial charge in [-0.1, -0.05) is 30.3 Å². The number of nitrogens with zero attached hydrogens (tertiary/aromatic N) is 1. The maximum atomic E-state index is 12.8. The molecule has 1 atom stereocenters. The maximum absolute atomic E-state index is 12.8. The topological polar surface area (TPSA) is 48.0 Å². The van der Waals surface area contributed by atoms with Gasteiger partial charge in [-0.2, -0.15) is 0 Å². The van der Waals surface area contributed by atoms with Crippen LogP contribution in [0.15, 0.2) is 48.5 Å². The first-order valence-electron chi connectivity index (χ1n) is 7.19. The predicted octanol–water partition coefficient (Wildman–Crippen LogP) is 3.05. The van der Waals surface area contributed by atoms with Crippen LogP contribution in [0.5, 0.6) is 11.5 Å². The van der Waals surface area contributed by atoms with Gasteiger partial charge in [0.2, 0.25) is 0 Å². The van der Waals surface area contributed by atoms with Crippen molar-refractivity contribution in [1.29, 1.82) is 0 Å². The fourth-order valence-corrected chi connectivity index (χ4v) is 2.34. The summed E-state index contributed by atoms with van der Waals surface area (Å²) in [6, 6.07) is 14.7. The van der Waals surface area contributed by atoms with Crippen LogP contribution in [0.2, 0.25) is 0 Å². The molecule has 0 spiro atoms. The van der Waals surface area contributed by atoms with E-state index in [0.717, 1.165) is 5.56 Å². The molecule has 2 aromatic rings. The molecule has 0 radical (unpaired) electrons. The van der Waals surface area contributed by atoms with E-state index in [4.69, 9.17) is 14.2 Å². The number of hydrogen-bond acceptors (Lipinski definition) is 4. The second kappa shape index (κ2) is 7.65. The van der Waals surface area contributed by atoms with Gasteiger partial charge in [-0.3, -0.25) is 4.79 Å². The number of anilines is 1. The largest absolute Gasteiger partial charge is 0.493 e. The number of carbonyl (C=O) groups excluding carboxylic acids is 1. The highest BCUT2D eigenvalue weighted by Gasteiger charge is 2.25. The quantitative estimate of drug-likeness (QED) is 0.822. The van der Waals surface area contributed by atoms with E-state index in [9.17, 15) is 4.79 Å². The van der Waals surface area contributed by atoms with Crippen molar-refractivity contribution in [2.24, 2.45) is 0 Å². The summed E-state index contributed by atoms with van der Waals surface area (Å²) in [5.41, 5.74) is 1.51. The number of hydrogen-bond donors (Lipinski definition) is 0. The van der Waals surface area contributed by atoms with Crippen LogP contribution >= 0.6 is 0 Å². The van der Waals surface area contributed by atoms with Gasteiger partial charge in [-0.15, -0.1) is 0 Å². The van der Waals surface area contributed by atoms with Crippen molar-refractivity contribution in [3.8, 4) is 11.5 Å². The van der Waals surface area contributed by atoms with Gasteiger partial charge in [-0.05, 0) is 17.7 Å². The lowest BCUT2D eigenvalue weighted by Crippen LogP contribution is -2.32. The van der Waals surface area contributed by atoms with E-state index in [1.165, 1.54) is 7.11 Å². The summed E-state index contributed by atoms with van der Waals surface area (Å²) in [5.74, 6) is 1.02. The zero-order chi connectivity index (χ0) is 16.8.